The second-order valence-electron chi connectivity index (χ2n) is 7.15. The van der Waals surface area contributed by atoms with Crippen molar-refractivity contribution in [2.45, 2.75) is 50.7 Å². The van der Waals surface area contributed by atoms with Gasteiger partial charge in [0.1, 0.15) is 0 Å². The molecule has 0 heterocycles. The minimum absolute atomic E-state index is 0.0326. The van der Waals surface area contributed by atoms with E-state index in [1.54, 1.807) is 12.1 Å². The van der Waals surface area contributed by atoms with E-state index in [2.05, 4.69) is 5.32 Å². The summed E-state index contributed by atoms with van der Waals surface area (Å²) >= 11 is 12.0. The van der Waals surface area contributed by atoms with Crippen LogP contribution in [0.2, 0.25) is 10.0 Å². The van der Waals surface area contributed by atoms with Gasteiger partial charge in [-0.2, -0.15) is 0 Å². The molecule has 0 spiro atoms. The fourth-order valence-electron chi connectivity index (χ4n) is 3.20. The highest BCUT2D eigenvalue weighted by Gasteiger charge is 2.31. The van der Waals surface area contributed by atoms with Gasteiger partial charge in [0, 0.05) is 24.4 Å². The maximum atomic E-state index is 12.9. The first-order chi connectivity index (χ1) is 13.2. The van der Waals surface area contributed by atoms with E-state index in [1.807, 2.05) is 50.2 Å². The highest BCUT2D eigenvalue weighted by Crippen LogP contribution is 2.52. The largest absolute Gasteiger partial charge is 0.392 e. The Morgan fingerprint density at radius 3 is 2.39 bits per heavy atom. The Balaban J connectivity index is 1.91. The molecular formula is C21H28Cl2NO3P. The van der Waals surface area contributed by atoms with Crippen LogP contribution in [-0.2, 0) is 10.7 Å². The number of halogens is 2. The zero-order valence-corrected chi connectivity index (χ0v) is 18.6. The zero-order chi connectivity index (χ0) is 20.7. The van der Waals surface area contributed by atoms with Gasteiger partial charge in [0.05, 0.1) is 16.1 Å². The first-order valence-electron chi connectivity index (χ1n) is 9.44. The van der Waals surface area contributed by atoms with Crippen LogP contribution >= 0.6 is 30.6 Å². The summed E-state index contributed by atoms with van der Waals surface area (Å²) in [6.07, 6.45) is 0.233. The molecule has 0 saturated heterocycles. The summed E-state index contributed by atoms with van der Waals surface area (Å²) in [5, 5.41) is 14.7. The number of nitrogens with one attached hydrogen (secondary N) is 1. The monoisotopic (exact) mass is 443 g/mol. The standard InChI is InChI=1S/C21H28Cl2NO3P/c1-3-19(28(26,27)14-16-7-5-4-6-8-16)12-18(25)13-24-15(2)17-9-10-20(22)21(23)11-17/h4-11,15,18-19,24-25H,3,12-14H2,1-2H3,(H,26,27). The lowest BCUT2D eigenvalue weighted by Gasteiger charge is -2.25. The summed E-state index contributed by atoms with van der Waals surface area (Å²) in [5.41, 5.74) is 1.36. The third kappa shape index (κ3) is 6.88. The molecule has 0 aliphatic rings. The molecule has 0 aromatic heterocycles. The van der Waals surface area contributed by atoms with E-state index in [9.17, 15) is 14.6 Å². The number of hydrogen-bond donors (Lipinski definition) is 3. The van der Waals surface area contributed by atoms with Crippen LogP contribution < -0.4 is 5.32 Å². The van der Waals surface area contributed by atoms with Crippen molar-refractivity contribution in [2.24, 2.45) is 0 Å². The Labute approximate surface area is 177 Å². The first-order valence-corrected chi connectivity index (χ1v) is 12.1. The van der Waals surface area contributed by atoms with E-state index in [0.717, 1.165) is 11.1 Å². The second kappa shape index (κ2) is 10.8. The molecule has 0 fully saturated rings. The van der Waals surface area contributed by atoms with E-state index in [4.69, 9.17) is 23.2 Å². The van der Waals surface area contributed by atoms with Crippen LogP contribution in [0, 0.1) is 0 Å². The van der Waals surface area contributed by atoms with Gasteiger partial charge in [-0.05, 0) is 43.0 Å². The SMILES string of the molecule is CCC(CC(O)CNC(C)c1ccc(Cl)c(Cl)c1)P(=O)(O)Cc1ccccc1. The van der Waals surface area contributed by atoms with Gasteiger partial charge in [-0.25, -0.2) is 0 Å². The number of rotatable bonds is 10. The fourth-order valence-corrected chi connectivity index (χ4v) is 5.64. The Morgan fingerprint density at radius 2 is 1.79 bits per heavy atom. The summed E-state index contributed by atoms with van der Waals surface area (Å²) in [6, 6.07) is 14.7. The van der Waals surface area contributed by atoms with E-state index in [-0.39, 0.29) is 18.6 Å². The zero-order valence-electron chi connectivity index (χ0n) is 16.2. The first kappa shape index (κ1) is 23.4. The quantitative estimate of drug-likeness (QED) is 0.415. The molecule has 2 aromatic carbocycles. The van der Waals surface area contributed by atoms with Gasteiger partial charge < -0.3 is 15.3 Å². The van der Waals surface area contributed by atoms with Crippen molar-refractivity contribution >= 4 is 30.6 Å². The minimum atomic E-state index is -3.42. The molecule has 0 radical (unpaired) electrons. The van der Waals surface area contributed by atoms with Crippen LogP contribution in [0.5, 0.6) is 0 Å². The molecule has 28 heavy (non-hydrogen) atoms. The Morgan fingerprint density at radius 1 is 1.11 bits per heavy atom. The maximum Gasteiger partial charge on any atom is 0.207 e. The average Bonchev–Trinajstić information content (AvgIpc) is 2.66. The Bertz CT molecular complexity index is 803. The van der Waals surface area contributed by atoms with Gasteiger partial charge in [0.2, 0.25) is 7.37 Å². The molecule has 0 bridgehead atoms. The number of hydrogen-bond acceptors (Lipinski definition) is 3. The maximum absolute atomic E-state index is 12.9. The molecule has 0 amide bonds. The van der Waals surface area contributed by atoms with Crippen LogP contribution in [-0.4, -0.2) is 28.3 Å². The molecule has 4 atom stereocenters. The Kier molecular flexibility index (Phi) is 9.01. The number of aliphatic hydroxyl groups is 1. The number of aliphatic hydroxyl groups excluding tert-OH is 1. The number of benzene rings is 2. The molecule has 3 N–H and O–H groups in total. The van der Waals surface area contributed by atoms with Gasteiger partial charge >= 0.3 is 0 Å². The lowest BCUT2D eigenvalue weighted by atomic mass is 10.1. The summed E-state index contributed by atoms with van der Waals surface area (Å²) < 4.78 is 12.9. The third-order valence-electron chi connectivity index (χ3n) is 4.94. The van der Waals surface area contributed by atoms with Crippen LogP contribution in [0.1, 0.15) is 43.9 Å². The van der Waals surface area contributed by atoms with Crippen molar-refractivity contribution in [3.8, 4) is 0 Å². The predicted molar refractivity (Wildman–Crippen MR) is 118 cm³/mol. The molecule has 0 aliphatic heterocycles. The van der Waals surface area contributed by atoms with Crippen molar-refractivity contribution in [1.82, 2.24) is 5.32 Å². The van der Waals surface area contributed by atoms with Gasteiger partial charge in [-0.3, -0.25) is 4.57 Å². The van der Waals surface area contributed by atoms with E-state index in [0.29, 0.717) is 23.0 Å². The normalized spacial score (nSPS) is 16.9. The molecule has 0 aliphatic carbocycles. The van der Waals surface area contributed by atoms with Crippen molar-refractivity contribution in [1.29, 1.82) is 0 Å². The average molecular weight is 444 g/mol. The predicted octanol–water partition coefficient (Wildman–Crippen LogP) is 5.64. The summed E-state index contributed by atoms with van der Waals surface area (Å²) in [7, 11) is -3.42. The fraction of sp³-hybridized carbons (Fsp3) is 0.429. The van der Waals surface area contributed by atoms with Crippen molar-refractivity contribution in [2.75, 3.05) is 6.54 Å². The van der Waals surface area contributed by atoms with Crippen molar-refractivity contribution in [3.05, 3.63) is 69.7 Å². The van der Waals surface area contributed by atoms with Gasteiger partial charge in [-0.1, -0.05) is 66.5 Å². The van der Waals surface area contributed by atoms with E-state index >= 15 is 0 Å². The topological polar surface area (TPSA) is 69.6 Å². The van der Waals surface area contributed by atoms with Crippen molar-refractivity contribution in [3.63, 3.8) is 0 Å². The smallest absolute Gasteiger partial charge is 0.207 e. The summed E-state index contributed by atoms with van der Waals surface area (Å²) in [6.45, 7) is 4.18. The third-order valence-corrected chi connectivity index (χ3v) is 8.22. The van der Waals surface area contributed by atoms with Crippen LogP contribution in [0.4, 0.5) is 0 Å². The molecule has 4 unspecified atom stereocenters. The highest BCUT2D eigenvalue weighted by atomic mass is 35.5. The van der Waals surface area contributed by atoms with Crippen LogP contribution in [0.15, 0.2) is 48.5 Å². The van der Waals surface area contributed by atoms with Crippen LogP contribution in [0.25, 0.3) is 0 Å². The van der Waals surface area contributed by atoms with Gasteiger partial charge in [0.25, 0.3) is 0 Å². The van der Waals surface area contributed by atoms with E-state index in [1.165, 1.54) is 0 Å². The van der Waals surface area contributed by atoms with Crippen LogP contribution in [0.3, 0.4) is 0 Å². The Hall–Kier alpha value is -0.870. The molecular weight excluding hydrogens is 416 g/mol. The lowest BCUT2D eigenvalue weighted by molar-refractivity contribution is 0.154. The minimum Gasteiger partial charge on any atom is -0.392 e. The van der Waals surface area contributed by atoms with E-state index < -0.39 is 19.1 Å². The summed E-state index contributed by atoms with van der Waals surface area (Å²) in [5.74, 6) is 0. The molecule has 2 rings (SSSR count). The molecule has 7 heteroatoms. The van der Waals surface area contributed by atoms with Gasteiger partial charge in [0.15, 0.2) is 0 Å². The van der Waals surface area contributed by atoms with Crippen molar-refractivity contribution < 1.29 is 14.6 Å². The molecule has 154 valence electrons. The molecule has 4 nitrogen and oxygen atoms in total. The summed E-state index contributed by atoms with van der Waals surface area (Å²) in [4.78, 5) is 10.6. The van der Waals surface area contributed by atoms with Gasteiger partial charge in [-0.15, -0.1) is 0 Å². The second-order valence-corrected chi connectivity index (χ2v) is 10.5. The highest BCUT2D eigenvalue weighted by molar-refractivity contribution is 7.57. The molecule has 2 aromatic rings. The lowest BCUT2D eigenvalue weighted by Crippen LogP contribution is -2.31. The molecule has 0 saturated carbocycles.